The predicted octanol–water partition coefficient (Wildman–Crippen LogP) is 2.84. The molecule has 4 fully saturated rings. The summed E-state index contributed by atoms with van der Waals surface area (Å²) in [5.41, 5.74) is 1.44. The van der Waals surface area contributed by atoms with Crippen LogP contribution in [0.15, 0.2) is 30.3 Å². The Hall–Kier alpha value is -1.44. The molecule has 1 N–H and O–H groups in total. The largest absolute Gasteiger partial charge is 0.483 e. The Morgan fingerprint density at radius 1 is 1.03 bits per heavy atom. The van der Waals surface area contributed by atoms with E-state index in [4.69, 9.17) is 9.90 Å². The third-order valence-corrected chi connectivity index (χ3v) is 9.31. The van der Waals surface area contributed by atoms with Crippen LogP contribution in [0, 0.1) is 17.8 Å². The first-order chi connectivity index (χ1) is 14.5. The molecule has 7 heteroatoms. The van der Waals surface area contributed by atoms with Crippen molar-refractivity contribution in [1.29, 1.82) is 0 Å². The highest BCUT2D eigenvalue weighted by Gasteiger charge is 2.47. The lowest BCUT2D eigenvalue weighted by Crippen LogP contribution is -2.62. The highest BCUT2D eigenvalue weighted by atomic mass is 32.2. The van der Waals surface area contributed by atoms with Gasteiger partial charge < -0.3 is 5.11 Å². The fraction of sp³-hybridized carbons (Fsp3) is 0.696. The summed E-state index contributed by atoms with van der Waals surface area (Å²) in [5, 5.41) is 6.89. The van der Waals surface area contributed by atoms with E-state index in [1.54, 1.807) is 0 Å². The van der Waals surface area contributed by atoms with Gasteiger partial charge in [-0.25, -0.2) is 12.7 Å². The Morgan fingerprint density at radius 2 is 1.77 bits per heavy atom. The van der Waals surface area contributed by atoms with E-state index >= 15 is 0 Å². The summed E-state index contributed by atoms with van der Waals surface area (Å²) >= 11 is 0. The molecule has 3 heterocycles. The maximum absolute atomic E-state index is 12.8. The molecule has 4 atom stereocenters. The number of hydrogen-bond acceptors (Lipinski definition) is 4. The molecule has 0 radical (unpaired) electrons. The fourth-order valence-corrected chi connectivity index (χ4v) is 7.88. The monoisotopic (exact) mass is 434 g/mol. The number of hydrogen-bond donors (Lipinski definition) is 1. The molecular formula is C23H34N2O4S. The van der Waals surface area contributed by atoms with E-state index in [1.165, 1.54) is 31.2 Å². The fourth-order valence-electron chi connectivity index (χ4n) is 5.89. The molecule has 1 aliphatic carbocycles. The number of fused-ring (bicyclic) bond motifs is 4. The van der Waals surface area contributed by atoms with Crippen LogP contribution in [0.5, 0.6) is 0 Å². The summed E-state index contributed by atoms with van der Waals surface area (Å²) in [6.45, 7) is 2.37. The second-order valence-corrected chi connectivity index (χ2v) is 11.6. The molecule has 30 heavy (non-hydrogen) atoms. The molecule has 5 rings (SSSR count). The van der Waals surface area contributed by atoms with E-state index in [0.717, 1.165) is 38.9 Å². The van der Waals surface area contributed by atoms with Crippen LogP contribution in [0.25, 0.3) is 0 Å². The first-order valence-electron chi connectivity index (χ1n) is 11.4. The van der Waals surface area contributed by atoms with Crippen molar-refractivity contribution in [1.82, 2.24) is 9.21 Å². The van der Waals surface area contributed by atoms with Crippen LogP contribution in [-0.4, -0.2) is 66.7 Å². The van der Waals surface area contributed by atoms with Crippen molar-refractivity contribution >= 4 is 16.5 Å². The van der Waals surface area contributed by atoms with Crippen LogP contribution in [-0.2, 0) is 21.2 Å². The molecule has 4 aliphatic rings. The van der Waals surface area contributed by atoms with Gasteiger partial charge in [0.25, 0.3) is 6.47 Å². The first-order valence-corrected chi connectivity index (χ1v) is 13.0. The van der Waals surface area contributed by atoms with E-state index in [9.17, 15) is 8.42 Å². The lowest BCUT2D eigenvalue weighted by atomic mass is 9.74. The van der Waals surface area contributed by atoms with Gasteiger partial charge >= 0.3 is 0 Å². The number of benzene rings is 1. The summed E-state index contributed by atoms with van der Waals surface area (Å²) in [6.07, 6.45) is 8.41. The minimum atomic E-state index is -3.05. The third kappa shape index (κ3) is 5.06. The number of carboxylic acid groups (broad SMARTS) is 1. The average molecular weight is 435 g/mol. The van der Waals surface area contributed by atoms with Crippen LogP contribution in [0.2, 0.25) is 0 Å². The molecule has 6 nitrogen and oxygen atoms in total. The van der Waals surface area contributed by atoms with Gasteiger partial charge in [0.15, 0.2) is 0 Å². The smallest absolute Gasteiger partial charge is 0.290 e. The Balaban J connectivity index is 0.000000687. The predicted molar refractivity (Wildman–Crippen MR) is 117 cm³/mol. The topological polar surface area (TPSA) is 77.9 Å². The second-order valence-electron chi connectivity index (χ2n) is 9.54. The Morgan fingerprint density at radius 3 is 2.47 bits per heavy atom. The van der Waals surface area contributed by atoms with Crippen molar-refractivity contribution in [2.75, 3.05) is 25.4 Å². The van der Waals surface area contributed by atoms with Gasteiger partial charge in [0.1, 0.15) is 0 Å². The van der Waals surface area contributed by atoms with Crippen molar-refractivity contribution in [2.24, 2.45) is 17.8 Å². The summed E-state index contributed by atoms with van der Waals surface area (Å²) in [6, 6.07) is 12.1. The summed E-state index contributed by atoms with van der Waals surface area (Å²) < 4.78 is 27.6. The lowest BCUT2D eigenvalue weighted by molar-refractivity contribution is -0.122. The van der Waals surface area contributed by atoms with Crippen LogP contribution < -0.4 is 0 Å². The molecule has 3 saturated heterocycles. The SMILES string of the molecule is O=CO.O=S(=O)(CC1CC1)N1C[C@@H]2C[C@H](C1)[C@@H]1CCC[C@H](Cc3ccccc3)N1C2. The van der Waals surface area contributed by atoms with Gasteiger partial charge in [-0.1, -0.05) is 36.8 Å². The molecule has 1 aromatic rings. The Labute approximate surface area is 180 Å². The number of rotatable bonds is 5. The molecule has 0 aromatic heterocycles. The van der Waals surface area contributed by atoms with Crippen molar-refractivity contribution in [2.45, 2.75) is 57.0 Å². The zero-order valence-electron chi connectivity index (χ0n) is 17.6. The van der Waals surface area contributed by atoms with Gasteiger partial charge in [0.05, 0.1) is 5.75 Å². The van der Waals surface area contributed by atoms with Gasteiger partial charge in [0, 0.05) is 31.7 Å². The summed E-state index contributed by atoms with van der Waals surface area (Å²) in [5.74, 6) is 1.89. The lowest BCUT2D eigenvalue weighted by Gasteiger charge is -2.55. The second kappa shape index (κ2) is 9.37. The zero-order valence-corrected chi connectivity index (χ0v) is 18.4. The molecule has 0 unspecified atom stereocenters. The maximum Gasteiger partial charge on any atom is 0.290 e. The van der Waals surface area contributed by atoms with Crippen molar-refractivity contribution in [3.8, 4) is 0 Å². The highest BCUT2D eigenvalue weighted by molar-refractivity contribution is 7.89. The van der Waals surface area contributed by atoms with E-state index in [-0.39, 0.29) is 6.47 Å². The number of carbonyl (C=O) groups is 1. The van der Waals surface area contributed by atoms with E-state index in [2.05, 4.69) is 35.2 Å². The van der Waals surface area contributed by atoms with Gasteiger partial charge in [-0.3, -0.25) is 9.69 Å². The minimum absolute atomic E-state index is 0.250. The molecular weight excluding hydrogens is 400 g/mol. The highest BCUT2D eigenvalue weighted by Crippen LogP contribution is 2.41. The van der Waals surface area contributed by atoms with Crippen LogP contribution in [0.1, 0.15) is 44.1 Å². The van der Waals surface area contributed by atoms with E-state index < -0.39 is 10.0 Å². The van der Waals surface area contributed by atoms with Gasteiger partial charge in [0.2, 0.25) is 10.0 Å². The van der Waals surface area contributed by atoms with Crippen molar-refractivity contribution in [3.63, 3.8) is 0 Å². The van der Waals surface area contributed by atoms with Gasteiger partial charge in [-0.2, -0.15) is 0 Å². The molecule has 3 aliphatic heterocycles. The van der Waals surface area contributed by atoms with Crippen LogP contribution in [0.3, 0.4) is 0 Å². The summed E-state index contributed by atoms with van der Waals surface area (Å²) in [4.78, 5) is 11.1. The molecule has 1 aromatic carbocycles. The van der Waals surface area contributed by atoms with Crippen LogP contribution in [0.4, 0.5) is 0 Å². The molecule has 0 amide bonds. The van der Waals surface area contributed by atoms with E-state index in [1.807, 2.05) is 4.31 Å². The molecule has 2 bridgehead atoms. The van der Waals surface area contributed by atoms with E-state index in [0.29, 0.717) is 35.6 Å². The van der Waals surface area contributed by atoms with Gasteiger partial charge in [-0.15, -0.1) is 0 Å². The molecule has 1 saturated carbocycles. The van der Waals surface area contributed by atoms with Crippen molar-refractivity contribution in [3.05, 3.63) is 35.9 Å². The Bertz CT molecular complexity index is 812. The standard InChI is InChI=1S/C22H32N2O2S.CH2O2/c25-27(26,16-18-9-10-18)23-13-19-11-20(15-23)22-8-4-7-21(24(22)14-19)12-17-5-2-1-3-6-17;2-1-3/h1-3,5-6,18-22H,4,7-16H2;1H,(H,2,3)/t19-,20+,21+,22-;/m0./s1. The van der Waals surface area contributed by atoms with Crippen molar-refractivity contribution < 1.29 is 18.3 Å². The third-order valence-electron chi connectivity index (χ3n) is 7.33. The number of piperidine rings is 3. The first kappa shape index (κ1) is 21.8. The van der Waals surface area contributed by atoms with Crippen LogP contribution >= 0.6 is 0 Å². The zero-order chi connectivity index (χ0) is 21.1. The van der Waals surface area contributed by atoms with Gasteiger partial charge in [-0.05, 0) is 61.8 Å². The minimum Gasteiger partial charge on any atom is -0.483 e. The Kier molecular flexibility index (Phi) is 6.80. The summed E-state index contributed by atoms with van der Waals surface area (Å²) in [7, 11) is -3.05. The molecule has 0 spiro atoms. The average Bonchev–Trinajstić information content (AvgIpc) is 3.53. The molecule has 166 valence electrons. The normalized spacial score (nSPS) is 31.9. The number of nitrogens with zero attached hydrogens (tertiary/aromatic N) is 2. The quantitative estimate of drug-likeness (QED) is 0.721. The number of sulfonamides is 1. The maximum atomic E-state index is 12.8.